The van der Waals surface area contributed by atoms with E-state index in [2.05, 4.69) is 33.2 Å². The molecule has 103 heavy (non-hydrogen) atoms. The lowest BCUT2D eigenvalue weighted by Gasteiger charge is -2.56. The summed E-state index contributed by atoms with van der Waals surface area (Å²) in [7, 11) is -18.5. The zero-order chi connectivity index (χ0) is 79.3. The van der Waals surface area contributed by atoms with Crippen LogP contribution in [0.3, 0.4) is 0 Å². The average molecular weight is 1390 g/mol. The van der Waals surface area contributed by atoms with Crippen molar-refractivity contribution in [3.63, 3.8) is 0 Å². The fourth-order valence-electron chi connectivity index (χ4n) is 15.8. The van der Waals surface area contributed by atoms with E-state index in [1.54, 1.807) is 121 Å². The molecule has 0 atom stereocenters. The lowest BCUT2D eigenvalue weighted by atomic mass is 9.94. The van der Waals surface area contributed by atoms with Gasteiger partial charge in [0.05, 0.1) is 44.8 Å². The Morgan fingerprint density at radius 3 is 1.18 bits per heavy atom. The van der Waals surface area contributed by atoms with Gasteiger partial charge < -0.3 is 4.74 Å². The first kappa shape index (κ1) is 51.0. The zero-order valence-corrected chi connectivity index (χ0v) is 58.6. The van der Waals surface area contributed by atoms with Crippen LogP contribution in [0.5, 0.6) is 11.5 Å². The molecule has 0 amide bonds. The van der Waals surface area contributed by atoms with Crippen molar-refractivity contribution >= 4 is 83.7 Å². The van der Waals surface area contributed by atoms with Gasteiger partial charge in [0, 0.05) is 71.3 Å². The van der Waals surface area contributed by atoms with Gasteiger partial charge in [0.15, 0.2) is 8.07 Å². The number of ether oxygens (including phenoxy) is 1. The van der Waals surface area contributed by atoms with Gasteiger partial charge in [0.25, 0.3) is 0 Å². The number of nitrogens with zero attached hydrogens (tertiary/aromatic N) is 7. The summed E-state index contributed by atoms with van der Waals surface area (Å²) in [6.45, 7) is -16.0. The number of benzene rings is 13. The molecule has 5 heterocycles. The van der Waals surface area contributed by atoms with E-state index in [0.29, 0.717) is 61.2 Å². The molecule has 0 radical (unpaired) electrons. The summed E-state index contributed by atoms with van der Waals surface area (Å²) in [6, 6.07) is 110. The normalized spacial score (nSPS) is 15.0. The summed E-state index contributed by atoms with van der Waals surface area (Å²) in [5.41, 5.74) is 5.89. The van der Waals surface area contributed by atoms with E-state index < -0.39 is 65.7 Å². The largest absolute Gasteiger partial charge is 0.457 e. The van der Waals surface area contributed by atoms with Gasteiger partial charge in [-0.3, -0.25) is 8.97 Å². The maximum Gasteiger partial charge on any atom is 0.220 e. The van der Waals surface area contributed by atoms with Crippen molar-refractivity contribution in [2.24, 2.45) is 0 Å². The molecule has 0 aliphatic carbocycles. The van der Waals surface area contributed by atoms with E-state index in [-0.39, 0.29) is 45.4 Å². The first-order valence-electron chi connectivity index (χ1n) is 40.3. The number of hydrogen-bond donors (Lipinski definition) is 0. The Labute approximate surface area is 619 Å². The molecule has 0 unspecified atom stereocenters. The Balaban J connectivity index is 1.10. The second-order valence-electron chi connectivity index (χ2n) is 26.1. The van der Waals surface area contributed by atoms with Crippen molar-refractivity contribution in [3.8, 4) is 84.5 Å². The quantitative estimate of drug-likeness (QED) is 0.0751. The molecule has 1 aliphatic rings. The highest BCUT2D eigenvalue weighted by Crippen LogP contribution is 2.57. The second kappa shape index (κ2) is 25.4. The van der Waals surface area contributed by atoms with Gasteiger partial charge in [-0.15, -0.1) is 0 Å². The van der Waals surface area contributed by atoms with E-state index >= 15 is 0 Å². The maximum absolute atomic E-state index is 11.2. The summed E-state index contributed by atoms with van der Waals surface area (Å²) in [6.07, 6.45) is 0. The van der Waals surface area contributed by atoms with Crippen molar-refractivity contribution in [2.75, 3.05) is 0 Å². The molecule has 8 nitrogen and oxygen atoms in total. The number of rotatable bonds is 15. The predicted molar refractivity (Wildman–Crippen MR) is 431 cm³/mol. The summed E-state index contributed by atoms with van der Waals surface area (Å²) < 4.78 is 144. The minimum atomic E-state index is -7.06. The van der Waals surface area contributed by atoms with Crippen LogP contribution < -0.4 is 36.4 Å². The van der Waals surface area contributed by atoms with Gasteiger partial charge in [-0.1, -0.05) is 341 Å². The van der Waals surface area contributed by atoms with Crippen LogP contribution in [0.15, 0.2) is 358 Å². The Hall–Kier alpha value is -12.3. The van der Waals surface area contributed by atoms with Crippen molar-refractivity contribution in [2.45, 2.75) is 30.6 Å². The highest BCUT2D eigenvalue weighted by molar-refractivity contribution is 7.20. The second-order valence-corrected chi connectivity index (χ2v) is 35.7. The lowest BCUT2D eigenvalue weighted by molar-refractivity contribution is 0.452. The third-order valence-corrected chi connectivity index (χ3v) is 32.5. The van der Waals surface area contributed by atoms with E-state index in [9.17, 15) is 16.4 Å². The van der Waals surface area contributed by atoms with Gasteiger partial charge in [-0.05, 0) is 74.3 Å². The number of hydrogen-bond acceptors (Lipinski definition) is 6. The van der Waals surface area contributed by atoms with Gasteiger partial charge >= 0.3 is 0 Å². The molecule has 0 saturated carbocycles. The SMILES string of the molecule is [2H]C([2H])([2H])[Si](c1nc(-c2ccccc2)c(-c2ccccc2)c(-c2ccccc2)n1)(C([2H])([2H])[2H])C1([Si](c2nc(-c3ccccc3)c(-c3ccccc3)c(-c3ccccc3)n2)(C([2H])([2H])[2H])C([2H])([2H])[2H])c2ccccc2Oc2c1cccc2[Si](c1ccccc1)(c1ccccc1)c1cccc(-n2c3ccccc3n3c4ccccc4nc23)c1. The van der Waals surface area contributed by atoms with Crippen LogP contribution in [0, 0.1) is 0 Å². The Bertz CT molecular complexity index is 6130. The molecule has 0 bridgehead atoms. The van der Waals surface area contributed by atoms with Gasteiger partial charge in [0.2, 0.25) is 5.78 Å². The van der Waals surface area contributed by atoms with Crippen LogP contribution in [0.2, 0.25) is 25.9 Å². The highest BCUT2D eigenvalue weighted by atomic mass is 28.4. The van der Waals surface area contributed by atoms with Crippen LogP contribution >= 0.6 is 0 Å². The molecular formula is C92H71N7OSi3. The fraction of sp³-hybridized carbons (Fsp3) is 0.0543. The molecule has 492 valence electrons. The number of para-hydroxylation sites is 6. The molecule has 4 aromatic heterocycles. The third-order valence-electron chi connectivity index (χ3n) is 20.3. The molecule has 0 saturated heterocycles. The minimum absolute atomic E-state index is 0.0948. The smallest absolute Gasteiger partial charge is 0.220 e. The molecule has 1 aliphatic heterocycles. The molecular weight excluding hydrogens is 1300 g/mol. The fourth-order valence-corrected chi connectivity index (χ4v) is 27.9. The van der Waals surface area contributed by atoms with E-state index in [1.165, 1.54) is 12.1 Å². The first-order chi connectivity index (χ1) is 55.6. The van der Waals surface area contributed by atoms with Crippen molar-refractivity contribution in [3.05, 3.63) is 369 Å². The molecule has 13 aromatic carbocycles. The van der Waals surface area contributed by atoms with E-state index in [0.717, 1.165) is 37.6 Å². The third kappa shape index (κ3) is 10.0. The molecule has 17 aromatic rings. The Morgan fingerprint density at radius 2 is 0.709 bits per heavy atom. The summed E-state index contributed by atoms with van der Waals surface area (Å²) >= 11 is 0. The standard InChI is InChI=1S/C92H71N7OSi3/c1-101(2,89-94-84(66-41-17-7-18-42-66)82(64-37-13-5-14-38-64)85(95-89)67-43-19-8-20-44-67)92(102(3,4)90-96-86(68-45-21-9-22-46-68)83(65-39-15-6-16-40-65)87(97-90)69-47-23-10-24-48-69)74-55-29-34-61-80(74)100-88-75(92)56-36-62-81(88)103(71-50-25-11-26-51-71,72-52-27-12-28-53-72)73-54-35-49-70(63-73)98-78-59-32-33-60-79(78)99-77-58-31-30-57-76(77)93-91(98)99/h5-63H,1-4H3/i1D3,2D3,3D3,4D3. The summed E-state index contributed by atoms with van der Waals surface area (Å²) in [5.74, 6) is 0.271. The number of aromatic nitrogens is 7. The van der Waals surface area contributed by atoms with Crippen molar-refractivity contribution in [1.82, 2.24) is 33.9 Å². The van der Waals surface area contributed by atoms with Crippen LogP contribution in [0.25, 0.3) is 101 Å². The van der Waals surface area contributed by atoms with Crippen LogP contribution in [-0.2, 0) is 4.66 Å². The summed E-state index contributed by atoms with van der Waals surface area (Å²) in [5, 5.41) is 2.65. The number of fused-ring (bicyclic) bond motifs is 7. The average Bonchev–Trinajstić information content (AvgIpc) is 1.13. The zero-order valence-electron chi connectivity index (χ0n) is 67.6. The van der Waals surface area contributed by atoms with E-state index in [4.69, 9.17) is 29.7 Å². The molecule has 0 N–H and O–H groups in total. The van der Waals surface area contributed by atoms with Crippen molar-refractivity contribution < 1.29 is 21.2 Å². The monoisotopic (exact) mass is 1390 g/mol. The Morgan fingerprint density at radius 1 is 0.330 bits per heavy atom. The van der Waals surface area contributed by atoms with Gasteiger partial charge in [-0.2, -0.15) is 0 Å². The van der Waals surface area contributed by atoms with Gasteiger partial charge in [0.1, 0.15) is 38.5 Å². The lowest BCUT2D eigenvalue weighted by Crippen LogP contribution is -2.78. The predicted octanol–water partition coefficient (Wildman–Crippen LogP) is 18.1. The first-order valence-corrected chi connectivity index (χ1v) is 40.3. The topological polar surface area (TPSA) is 83.0 Å². The number of imidazole rings is 2. The van der Waals surface area contributed by atoms with Crippen molar-refractivity contribution in [1.29, 1.82) is 0 Å². The molecule has 18 rings (SSSR count). The van der Waals surface area contributed by atoms with E-state index in [1.807, 2.05) is 200 Å². The highest BCUT2D eigenvalue weighted by Gasteiger charge is 2.67. The van der Waals surface area contributed by atoms with Crippen LogP contribution in [0.1, 0.15) is 27.6 Å². The van der Waals surface area contributed by atoms with Gasteiger partial charge in [-0.25, -0.2) is 24.9 Å². The summed E-state index contributed by atoms with van der Waals surface area (Å²) in [4.78, 5) is 27.9. The van der Waals surface area contributed by atoms with Crippen LogP contribution in [-0.4, -0.2) is 58.1 Å². The Kier molecular flexibility index (Phi) is 12.6. The minimum Gasteiger partial charge on any atom is -0.457 e. The molecule has 0 fully saturated rings. The molecule has 0 spiro atoms. The van der Waals surface area contributed by atoms with Crippen LogP contribution in [0.4, 0.5) is 0 Å². The molecule has 11 heteroatoms. The maximum atomic E-state index is 11.2.